The molecule has 1 N–H and O–H groups in total. The molecule has 3 heteroatoms. The van der Waals surface area contributed by atoms with E-state index in [4.69, 9.17) is 9.47 Å². The summed E-state index contributed by atoms with van der Waals surface area (Å²) < 4.78 is 10.7. The van der Waals surface area contributed by atoms with E-state index in [9.17, 15) is 5.11 Å². The number of benzene rings is 1. The van der Waals surface area contributed by atoms with Gasteiger partial charge in [-0.15, -0.1) is 0 Å². The fraction of sp³-hybridized carbons (Fsp3) is 0.600. The molecule has 1 aromatic carbocycles. The van der Waals surface area contributed by atoms with Crippen LogP contribution in [0.4, 0.5) is 0 Å². The third-order valence-corrected chi connectivity index (χ3v) is 3.57. The number of methoxy groups -OCH3 is 1. The normalized spacial score (nSPS) is 17.9. The van der Waals surface area contributed by atoms with E-state index in [1.807, 2.05) is 24.3 Å². The van der Waals surface area contributed by atoms with Crippen LogP contribution in [0.25, 0.3) is 0 Å². The molecule has 1 saturated carbocycles. The topological polar surface area (TPSA) is 38.7 Å². The summed E-state index contributed by atoms with van der Waals surface area (Å²) in [5, 5.41) is 10.0. The zero-order chi connectivity index (χ0) is 12.8. The third-order valence-electron chi connectivity index (χ3n) is 3.57. The van der Waals surface area contributed by atoms with Gasteiger partial charge in [-0.25, -0.2) is 0 Å². The van der Waals surface area contributed by atoms with Crippen LogP contribution >= 0.6 is 0 Å². The fourth-order valence-corrected chi connectivity index (χ4v) is 2.55. The minimum absolute atomic E-state index is 0.335. The second-order valence-corrected chi connectivity index (χ2v) is 5.00. The average molecular weight is 250 g/mol. The van der Waals surface area contributed by atoms with E-state index in [1.54, 1.807) is 7.11 Å². The lowest BCUT2D eigenvalue weighted by atomic mass is 10.0. The van der Waals surface area contributed by atoms with Crippen molar-refractivity contribution in [2.45, 2.75) is 38.4 Å². The Morgan fingerprint density at radius 3 is 2.83 bits per heavy atom. The van der Waals surface area contributed by atoms with Gasteiger partial charge in [-0.05, 0) is 36.5 Å². The number of ether oxygens (including phenoxy) is 2. The lowest BCUT2D eigenvalue weighted by Crippen LogP contribution is -2.25. The summed E-state index contributed by atoms with van der Waals surface area (Å²) in [5.41, 5.74) is 1.09. The highest BCUT2D eigenvalue weighted by molar-refractivity contribution is 5.28. The zero-order valence-electron chi connectivity index (χ0n) is 11.0. The van der Waals surface area contributed by atoms with Crippen LogP contribution in [-0.2, 0) is 11.3 Å². The number of hydrogen-bond acceptors (Lipinski definition) is 3. The van der Waals surface area contributed by atoms with Gasteiger partial charge in [0.1, 0.15) is 12.4 Å². The molecule has 0 radical (unpaired) electrons. The second-order valence-electron chi connectivity index (χ2n) is 5.00. The summed E-state index contributed by atoms with van der Waals surface area (Å²) in [6.07, 6.45) is 4.41. The maximum atomic E-state index is 10.0. The molecular formula is C15H22O3. The Bertz CT molecular complexity index is 359. The van der Waals surface area contributed by atoms with Crippen LogP contribution in [0.5, 0.6) is 5.75 Å². The molecule has 1 atom stereocenters. The van der Waals surface area contributed by atoms with Crippen LogP contribution in [0.2, 0.25) is 0 Å². The molecule has 1 aliphatic carbocycles. The van der Waals surface area contributed by atoms with Crippen molar-refractivity contribution in [1.29, 1.82) is 0 Å². The third kappa shape index (κ3) is 3.72. The monoisotopic (exact) mass is 250 g/mol. The first kappa shape index (κ1) is 13.4. The van der Waals surface area contributed by atoms with Crippen LogP contribution < -0.4 is 4.74 Å². The van der Waals surface area contributed by atoms with Crippen molar-refractivity contribution in [2.24, 2.45) is 5.92 Å². The van der Waals surface area contributed by atoms with Crippen molar-refractivity contribution in [3.63, 3.8) is 0 Å². The Balaban J connectivity index is 1.83. The molecule has 0 heterocycles. The summed E-state index contributed by atoms with van der Waals surface area (Å²) in [6.45, 7) is 0.976. The highest BCUT2D eigenvalue weighted by Gasteiger charge is 2.23. The van der Waals surface area contributed by atoms with Gasteiger partial charge in [0.25, 0.3) is 0 Å². The van der Waals surface area contributed by atoms with Gasteiger partial charge in [0.15, 0.2) is 0 Å². The van der Waals surface area contributed by atoms with Gasteiger partial charge in [0, 0.05) is 7.11 Å². The Morgan fingerprint density at radius 1 is 1.33 bits per heavy atom. The largest absolute Gasteiger partial charge is 0.491 e. The minimum atomic E-state index is -0.335. The second kappa shape index (κ2) is 6.76. The van der Waals surface area contributed by atoms with Crippen LogP contribution in [0.1, 0.15) is 31.2 Å². The Morgan fingerprint density at radius 2 is 2.11 bits per heavy atom. The Labute approximate surface area is 109 Å². The van der Waals surface area contributed by atoms with Gasteiger partial charge in [0.05, 0.1) is 12.7 Å². The van der Waals surface area contributed by atoms with E-state index in [-0.39, 0.29) is 6.10 Å². The van der Waals surface area contributed by atoms with Crippen molar-refractivity contribution >= 4 is 0 Å². The molecule has 18 heavy (non-hydrogen) atoms. The van der Waals surface area contributed by atoms with Crippen molar-refractivity contribution in [2.75, 3.05) is 13.7 Å². The van der Waals surface area contributed by atoms with Crippen LogP contribution in [0, 0.1) is 5.92 Å². The number of rotatable bonds is 6. The quantitative estimate of drug-likeness (QED) is 0.843. The summed E-state index contributed by atoms with van der Waals surface area (Å²) in [6, 6.07) is 7.83. The Hall–Kier alpha value is -1.06. The van der Waals surface area contributed by atoms with E-state index in [0.29, 0.717) is 19.1 Å². The molecule has 2 rings (SSSR count). The van der Waals surface area contributed by atoms with Gasteiger partial charge in [0.2, 0.25) is 0 Å². The standard InChI is InChI=1S/C15H22O3/c1-17-10-12-5-4-8-14(9-12)18-11-15(16)13-6-2-3-7-13/h4-5,8-9,13,15-16H,2-3,6-7,10-11H2,1H3. The molecular weight excluding hydrogens is 228 g/mol. The molecule has 1 aliphatic rings. The van der Waals surface area contributed by atoms with E-state index in [1.165, 1.54) is 12.8 Å². The lowest BCUT2D eigenvalue weighted by Gasteiger charge is -2.18. The van der Waals surface area contributed by atoms with Gasteiger partial charge in [-0.2, -0.15) is 0 Å². The lowest BCUT2D eigenvalue weighted by molar-refractivity contribution is 0.0592. The molecule has 100 valence electrons. The maximum Gasteiger partial charge on any atom is 0.119 e. The van der Waals surface area contributed by atoms with Crippen LogP contribution in [0.15, 0.2) is 24.3 Å². The first-order valence-corrected chi connectivity index (χ1v) is 6.68. The summed E-state index contributed by atoms with van der Waals surface area (Å²) in [7, 11) is 1.68. The van der Waals surface area contributed by atoms with E-state index >= 15 is 0 Å². The van der Waals surface area contributed by atoms with Gasteiger partial charge in [-0.1, -0.05) is 25.0 Å². The molecule has 0 spiro atoms. The molecule has 1 unspecified atom stereocenters. The predicted octanol–water partition coefficient (Wildman–Crippen LogP) is 2.76. The summed E-state index contributed by atoms with van der Waals surface area (Å²) in [5.74, 6) is 1.23. The van der Waals surface area contributed by atoms with Crippen molar-refractivity contribution < 1.29 is 14.6 Å². The molecule has 0 bridgehead atoms. The highest BCUT2D eigenvalue weighted by atomic mass is 16.5. The SMILES string of the molecule is COCc1cccc(OCC(O)C2CCCC2)c1. The summed E-state index contributed by atoms with van der Waals surface area (Å²) >= 11 is 0. The molecule has 0 amide bonds. The number of aliphatic hydroxyl groups is 1. The first-order chi connectivity index (χ1) is 8.79. The van der Waals surface area contributed by atoms with E-state index < -0.39 is 0 Å². The molecule has 3 nitrogen and oxygen atoms in total. The fourth-order valence-electron chi connectivity index (χ4n) is 2.55. The average Bonchev–Trinajstić information content (AvgIpc) is 2.91. The van der Waals surface area contributed by atoms with Crippen molar-refractivity contribution in [3.8, 4) is 5.75 Å². The smallest absolute Gasteiger partial charge is 0.119 e. The van der Waals surface area contributed by atoms with Crippen LogP contribution in [0.3, 0.4) is 0 Å². The highest BCUT2D eigenvalue weighted by Crippen LogP contribution is 2.28. The van der Waals surface area contributed by atoms with E-state index in [2.05, 4.69) is 0 Å². The number of aliphatic hydroxyl groups excluding tert-OH is 1. The van der Waals surface area contributed by atoms with Gasteiger partial charge in [-0.3, -0.25) is 0 Å². The predicted molar refractivity (Wildman–Crippen MR) is 70.6 cm³/mol. The van der Waals surface area contributed by atoms with Crippen molar-refractivity contribution in [1.82, 2.24) is 0 Å². The molecule has 0 aromatic heterocycles. The Kier molecular flexibility index (Phi) is 5.02. The molecule has 1 fully saturated rings. The van der Waals surface area contributed by atoms with Crippen LogP contribution in [-0.4, -0.2) is 24.9 Å². The van der Waals surface area contributed by atoms with Gasteiger partial charge >= 0.3 is 0 Å². The molecule has 0 aliphatic heterocycles. The first-order valence-electron chi connectivity index (χ1n) is 6.68. The zero-order valence-corrected chi connectivity index (χ0v) is 11.0. The van der Waals surface area contributed by atoms with Crippen molar-refractivity contribution in [3.05, 3.63) is 29.8 Å². The van der Waals surface area contributed by atoms with E-state index in [0.717, 1.165) is 24.2 Å². The van der Waals surface area contributed by atoms with Gasteiger partial charge < -0.3 is 14.6 Å². The summed E-state index contributed by atoms with van der Waals surface area (Å²) in [4.78, 5) is 0. The number of hydrogen-bond donors (Lipinski definition) is 1. The minimum Gasteiger partial charge on any atom is -0.491 e. The molecule has 1 aromatic rings. The molecule has 0 saturated heterocycles. The maximum absolute atomic E-state index is 10.0.